The normalized spacial score (nSPS) is 11.7. The van der Waals surface area contributed by atoms with Crippen LogP contribution in [0.2, 0.25) is 64.2 Å². The van der Waals surface area contributed by atoms with Crippen LogP contribution < -0.4 is 0 Å². The molecule has 0 aliphatic rings. The van der Waals surface area contributed by atoms with Gasteiger partial charge in [0.15, 0.2) is 0 Å². The van der Waals surface area contributed by atoms with Crippen LogP contribution in [0.15, 0.2) is 12.3 Å². The molecule has 4 radical (unpaired) electrons. The average molecular weight is 433 g/mol. The van der Waals surface area contributed by atoms with E-state index in [0.29, 0.717) is 4.62 Å². The number of allylic oxidation sites excluding steroid dienone is 1. The number of hydrogen-bond acceptors (Lipinski definition) is 2. The molecule has 0 amide bonds. The molecule has 0 unspecified atom stereocenters. The molecule has 0 rings (SSSR count). The van der Waals surface area contributed by atoms with Gasteiger partial charge in [-0.3, -0.25) is 0 Å². The molecule has 0 aliphatic heterocycles. The van der Waals surface area contributed by atoms with Crippen LogP contribution in [0, 0.1) is 5.41 Å². The zero-order chi connectivity index (χ0) is 19.3. The van der Waals surface area contributed by atoms with Crippen molar-refractivity contribution in [1.29, 1.82) is 0 Å². The summed E-state index contributed by atoms with van der Waals surface area (Å²) in [7, 11) is -1.19. The minimum Gasteiger partial charge on any atom is -0.0715 e. The van der Waals surface area contributed by atoms with Gasteiger partial charge in [-0.25, -0.2) is 0 Å². The topological polar surface area (TPSA) is 26.3 Å². The van der Waals surface area contributed by atoms with Crippen LogP contribution in [0.25, 0.3) is 0 Å². The molecule has 0 heterocycles. The Morgan fingerprint density at radius 1 is 1.00 bits per heavy atom. The molecule has 0 aliphatic carbocycles. The van der Waals surface area contributed by atoms with Crippen molar-refractivity contribution in [2.45, 2.75) is 84.9 Å². The quantitative estimate of drug-likeness (QED) is 0.405. The van der Waals surface area contributed by atoms with Crippen LogP contribution in [0.1, 0.15) is 20.8 Å². The molecular weight excluding hydrogens is 393 g/mol. The van der Waals surface area contributed by atoms with Crippen molar-refractivity contribution in [2.24, 2.45) is 5.41 Å². The van der Waals surface area contributed by atoms with E-state index in [-0.39, 0.29) is 23.0 Å². The Balaban J connectivity index is -0.000000413. The van der Waals surface area contributed by atoms with E-state index in [2.05, 4.69) is 58.9 Å². The van der Waals surface area contributed by atoms with Gasteiger partial charge < -0.3 is 0 Å². The van der Waals surface area contributed by atoms with Crippen molar-refractivity contribution in [3.8, 4) is 0 Å². The summed E-state index contributed by atoms with van der Waals surface area (Å²) >= 11 is -0.500. The minimum atomic E-state index is -1.43. The molecule has 0 spiro atoms. The first kappa shape index (κ1) is 28.2. The van der Waals surface area contributed by atoms with E-state index >= 15 is 0 Å². The van der Waals surface area contributed by atoms with Crippen molar-refractivity contribution in [3.05, 3.63) is 12.3 Å². The summed E-state index contributed by atoms with van der Waals surface area (Å²) in [5, 5.41) is 0.903. The molecule has 6 heteroatoms. The first-order valence-corrected chi connectivity index (χ1v) is 20.2. The molecule has 0 aromatic carbocycles. The summed E-state index contributed by atoms with van der Waals surface area (Å²) in [4.78, 5) is 11.6. The van der Waals surface area contributed by atoms with Gasteiger partial charge in [-0.05, 0) is 0 Å². The van der Waals surface area contributed by atoms with Gasteiger partial charge in [-0.15, -0.1) is 0 Å². The maximum Gasteiger partial charge on any atom is 0.0379 e. The van der Waals surface area contributed by atoms with E-state index in [1.807, 2.05) is 26.8 Å². The first-order chi connectivity index (χ1) is 10.1. The van der Waals surface area contributed by atoms with E-state index in [9.17, 15) is 4.79 Å². The molecule has 0 N–H and O–H groups in total. The Morgan fingerprint density at radius 3 is 1.61 bits per heavy atom. The predicted molar refractivity (Wildman–Crippen MR) is 115 cm³/mol. The zero-order valence-electron chi connectivity index (χ0n) is 17.7. The second kappa shape index (κ2) is 14.7. The molecule has 0 bridgehead atoms. The smallest absolute Gasteiger partial charge is 0.0379 e. The number of carbonyl (C=O) groups excluding carboxylic acids is 1. The first-order valence-electron chi connectivity index (χ1n) is 8.24. The van der Waals surface area contributed by atoms with Gasteiger partial charge in [0.1, 0.15) is 0 Å². The van der Waals surface area contributed by atoms with E-state index in [0.717, 1.165) is 5.25 Å². The third kappa shape index (κ3) is 39.3. The van der Waals surface area contributed by atoms with Gasteiger partial charge in [0.2, 0.25) is 0 Å². The fourth-order valence-electron chi connectivity index (χ4n) is 0.717. The molecule has 0 aromatic rings. The summed E-state index contributed by atoms with van der Waals surface area (Å²) < 4.78 is 5.99. The Morgan fingerprint density at radius 2 is 1.35 bits per heavy atom. The molecule has 23 heavy (non-hydrogen) atoms. The zero-order valence-corrected chi connectivity index (χ0v) is 22.8. The van der Waals surface area contributed by atoms with Gasteiger partial charge in [-0.1, -0.05) is 39.3 Å². The summed E-state index contributed by atoms with van der Waals surface area (Å²) in [5.74, 6) is 0. The molecular formula is C17H40GeO2Si3. The van der Waals surface area contributed by atoms with Crippen molar-refractivity contribution in [2.75, 3.05) is 0 Å². The van der Waals surface area contributed by atoms with E-state index < -0.39 is 23.7 Å². The third-order valence-corrected chi connectivity index (χ3v) is 5.59. The Bertz CT molecular complexity index is 305. The van der Waals surface area contributed by atoms with Crippen LogP contribution in [-0.4, -0.2) is 46.0 Å². The molecule has 0 fully saturated rings. The fourth-order valence-corrected chi connectivity index (χ4v) is 3.17. The van der Waals surface area contributed by atoms with E-state index in [1.54, 1.807) is 6.26 Å². The van der Waals surface area contributed by atoms with Gasteiger partial charge in [0.05, 0.1) is 0 Å². The largest absolute Gasteiger partial charge is 0.0715 e. The van der Waals surface area contributed by atoms with Crippen molar-refractivity contribution in [3.63, 3.8) is 0 Å². The van der Waals surface area contributed by atoms with Gasteiger partial charge >= 0.3 is 101 Å². The summed E-state index contributed by atoms with van der Waals surface area (Å²) in [6.07, 6.45) is 3.79. The van der Waals surface area contributed by atoms with Gasteiger partial charge in [0.25, 0.3) is 0 Å². The van der Waals surface area contributed by atoms with E-state index in [1.165, 1.54) is 0 Å². The summed E-state index contributed by atoms with van der Waals surface area (Å²) in [6.45, 7) is 26.0. The van der Waals surface area contributed by atoms with Crippen molar-refractivity contribution in [1.82, 2.24) is 0 Å². The summed E-state index contributed by atoms with van der Waals surface area (Å²) in [6, 6.07) is 0. The molecule has 136 valence electrons. The van der Waals surface area contributed by atoms with Crippen LogP contribution in [0.5, 0.6) is 0 Å². The molecule has 0 saturated carbocycles. The maximum absolute atomic E-state index is 11.6. The van der Waals surface area contributed by atoms with Crippen LogP contribution in [0.3, 0.4) is 0 Å². The molecule has 2 nitrogen and oxygen atoms in total. The second-order valence-corrected chi connectivity index (χ2v) is 21.6. The average Bonchev–Trinajstić information content (AvgIpc) is 2.23. The molecule has 0 atom stereocenters. The number of rotatable bonds is 5. The number of carbonyl (C=O) groups is 1. The van der Waals surface area contributed by atoms with Crippen molar-refractivity contribution < 1.29 is 9.22 Å². The van der Waals surface area contributed by atoms with Crippen LogP contribution in [0.4, 0.5) is 0 Å². The minimum absolute atomic E-state index is 0.120. The Labute approximate surface area is 157 Å². The van der Waals surface area contributed by atoms with Gasteiger partial charge in [-0.2, -0.15) is 0 Å². The SMILES string of the molecule is CC(C)(C)[C](=O)[Ge][CH2]/C=C\O[Si](C)(C)C.C[Si](C)C.C[Si](C)C. The monoisotopic (exact) mass is 434 g/mol. The predicted octanol–water partition coefficient (Wildman–Crippen LogP) is 5.79. The van der Waals surface area contributed by atoms with Crippen molar-refractivity contribution >= 4 is 46.0 Å². The van der Waals surface area contributed by atoms with Crippen LogP contribution >= 0.6 is 0 Å². The Kier molecular flexibility index (Phi) is 18.1. The maximum atomic E-state index is 11.6. The Hall–Kier alpha value is 0.404. The fraction of sp³-hybridized carbons (Fsp3) is 0.824. The summed E-state index contributed by atoms with van der Waals surface area (Å²) in [5.41, 5.74) is -0.159. The number of hydrogen-bond donors (Lipinski definition) is 0. The molecule has 0 aromatic heterocycles. The second-order valence-electron chi connectivity index (χ2n) is 8.56. The van der Waals surface area contributed by atoms with Crippen LogP contribution in [-0.2, 0) is 9.22 Å². The van der Waals surface area contributed by atoms with E-state index in [4.69, 9.17) is 4.43 Å². The third-order valence-electron chi connectivity index (χ3n) is 1.58. The van der Waals surface area contributed by atoms with Gasteiger partial charge in [0, 0.05) is 17.6 Å². The standard InChI is InChI=1S/C11H22GeO2Si.2C3H9Si/c1-11(2,3)10(13)12-8-7-9-14-15(4,5)6;2*1-4(2)3/h7,9H,8H2,1-6H3;2*1-3H3/b9-7-;;. The molecule has 0 saturated heterocycles.